The summed E-state index contributed by atoms with van der Waals surface area (Å²) in [4.78, 5) is 10.3. The molecule has 0 spiro atoms. The second-order valence-electron chi connectivity index (χ2n) is 5.66. The van der Waals surface area contributed by atoms with Crippen molar-refractivity contribution < 1.29 is 14.1 Å². The van der Waals surface area contributed by atoms with Crippen molar-refractivity contribution >= 4 is 17.4 Å². The lowest BCUT2D eigenvalue weighted by Gasteiger charge is -2.04. The number of nitrogens with zero attached hydrogens (tertiary/aromatic N) is 7. The number of tetrazole rings is 1. The summed E-state index contributed by atoms with van der Waals surface area (Å²) in [5.74, 6) is 1.76. The maximum atomic E-state index is 10.7. The number of nitro groups is 1. The minimum absolute atomic E-state index is 0.00517. The van der Waals surface area contributed by atoms with Gasteiger partial charge in [0.25, 0.3) is 5.69 Å². The first kappa shape index (κ1) is 18.6. The second-order valence-corrected chi connectivity index (χ2v) is 6.61. The van der Waals surface area contributed by atoms with E-state index in [1.54, 1.807) is 23.9 Å². The normalized spacial score (nSPS) is 10.8. The number of hydrogen-bond acceptors (Lipinski definition) is 10. The van der Waals surface area contributed by atoms with Gasteiger partial charge in [-0.2, -0.15) is 4.68 Å². The van der Waals surface area contributed by atoms with Crippen LogP contribution in [-0.4, -0.2) is 42.4 Å². The molecule has 0 aliphatic rings. The third-order valence-electron chi connectivity index (χ3n) is 3.87. The molecule has 2 aromatic carbocycles. The Morgan fingerprint density at radius 2 is 1.86 bits per heavy atom. The number of thioether (sulfide) groups is 1. The van der Waals surface area contributed by atoms with Crippen LogP contribution in [-0.2, 0) is 5.75 Å². The fraction of sp³-hybridized carbons (Fsp3) is 0.118. The summed E-state index contributed by atoms with van der Waals surface area (Å²) in [5.41, 5.74) is 1.38. The van der Waals surface area contributed by atoms with Gasteiger partial charge in [0.1, 0.15) is 5.75 Å². The molecule has 12 heteroatoms. The molecule has 29 heavy (non-hydrogen) atoms. The van der Waals surface area contributed by atoms with E-state index in [1.807, 2.05) is 24.3 Å². The van der Waals surface area contributed by atoms with Crippen molar-refractivity contribution in [1.29, 1.82) is 0 Å². The average molecular weight is 411 g/mol. The van der Waals surface area contributed by atoms with Crippen LogP contribution in [0.4, 0.5) is 5.69 Å². The van der Waals surface area contributed by atoms with Crippen molar-refractivity contribution in [1.82, 2.24) is 30.4 Å². The minimum atomic E-state index is -0.466. The summed E-state index contributed by atoms with van der Waals surface area (Å²) in [7, 11) is 1.60. The number of aromatic nitrogens is 6. The van der Waals surface area contributed by atoms with Gasteiger partial charge in [-0.3, -0.25) is 10.1 Å². The molecule has 0 unspecified atom stereocenters. The summed E-state index contributed by atoms with van der Waals surface area (Å²) in [6.45, 7) is 0. The first-order valence-corrected chi connectivity index (χ1v) is 9.25. The van der Waals surface area contributed by atoms with E-state index in [2.05, 4.69) is 25.7 Å². The van der Waals surface area contributed by atoms with Crippen LogP contribution in [0.25, 0.3) is 17.1 Å². The van der Waals surface area contributed by atoms with Gasteiger partial charge in [-0.1, -0.05) is 11.8 Å². The molecule has 11 nitrogen and oxygen atoms in total. The zero-order valence-corrected chi connectivity index (χ0v) is 15.8. The van der Waals surface area contributed by atoms with Crippen molar-refractivity contribution in [3.63, 3.8) is 0 Å². The van der Waals surface area contributed by atoms with Gasteiger partial charge in [-0.05, 0) is 46.8 Å². The summed E-state index contributed by atoms with van der Waals surface area (Å²) in [5, 5.41) is 31.0. The molecule has 146 valence electrons. The molecule has 0 atom stereocenters. The van der Waals surface area contributed by atoms with E-state index >= 15 is 0 Å². The Hall–Kier alpha value is -3.80. The van der Waals surface area contributed by atoms with E-state index in [1.165, 1.54) is 23.9 Å². The van der Waals surface area contributed by atoms with E-state index in [0.717, 1.165) is 11.4 Å². The third kappa shape index (κ3) is 4.06. The van der Waals surface area contributed by atoms with Gasteiger partial charge >= 0.3 is 0 Å². The Balaban J connectivity index is 1.45. The van der Waals surface area contributed by atoms with Crippen LogP contribution in [0.3, 0.4) is 0 Å². The highest BCUT2D eigenvalue weighted by Crippen LogP contribution is 2.26. The average Bonchev–Trinajstić information content (AvgIpc) is 3.42. The molecule has 4 rings (SSSR count). The van der Waals surface area contributed by atoms with Crippen molar-refractivity contribution in [3.8, 4) is 22.9 Å². The number of hydrogen-bond donors (Lipinski definition) is 0. The fourth-order valence-electron chi connectivity index (χ4n) is 2.43. The number of ether oxygens (including phenoxy) is 1. The molecule has 2 heterocycles. The van der Waals surface area contributed by atoms with Crippen molar-refractivity contribution in [3.05, 3.63) is 64.5 Å². The molecule has 0 aliphatic carbocycles. The lowest BCUT2D eigenvalue weighted by Crippen LogP contribution is -1.99. The molecule has 0 radical (unpaired) electrons. The predicted molar refractivity (Wildman–Crippen MR) is 102 cm³/mol. The monoisotopic (exact) mass is 411 g/mol. The quantitative estimate of drug-likeness (QED) is 0.254. The highest BCUT2D eigenvalue weighted by atomic mass is 32.2. The smallest absolute Gasteiger partial charge is 0.269 e. The number of non-ortho nitro benzene ring substituents is 1. The highest BCUT2D eigenvalue weighted by molar-refractivity contribution is 7.98. The summed E-state index contributed by atoms with van der Waals surface area (Å²) in [6.07, 6.45) is 0. The van der Waals surface area contributed by atoms with E-state index in [9.17, 15) is 10.1 Å². The van der Waals surface area contributed by atoms with Gasteiger partial charge in [0, 0.05) is 17.7 Å². The molecule has 4 aromatic rings. The Bertz CT molecular complexity index is 1130. The number of nitro benzene ring substituents is 1. The van der Waals surface area contributed by atoms with E-state index in [-0.39, 0.29) is 11.6 Å². The van der Waals surface area contributed by atoms with Crippen LogP contribution < -0.4 is 4.74 Å². The van der Waals surface area contributed by atoms with Crippen molar-refractivity contribution in [2.45, 2.75) is 10.9 Å². The topological polar surface area (TPSA) is 135 Å². The summed E-state index contributed by atoms with van der Waals surface area (Å²) < 4.78 is 12.4. The Morgan fingerprint density at radius 1 is 1.10 bits per heavy atom. The molecule has 0 saturated heterocycles. The molecule has 0 N–H and O–H groups in total. The SMILES string of the molecule is COc1ccc(-n2nnnc2SCc2nnc(-c3ccc([N+](=O)[O-])cc3)o2)cc1. The first-order valence-electron chi connectivity index (χ1n) is 8.27. The zero-order valence-electron chi connectivity index (χ0n) is 15.0. The van der Waals surface area contributed by atoms with Gasteiger partial charge in [0.2, 0.25) is 16.9 Å². The largest absolute Gasteiger partial charge is 0.497 e. The van der Waals surface area contributed by atoms with Gasteiger partial charge < -0.3 is 9.15 Å². The van der Waals surface area contributed by atoms with Gasteiger partial charge in [-0.25, -0.2) is 0 Å². The van der Waals surface area contributed by atoms with E-state index in [4.69, 9.17) is 9.15 Å². The molecule has 0 fully saturated rings. The minimum Gasteiger partial charge on any atom is -0.497 e. The van der Waals surface area contributed by atoms with Gasteiger partial charge in [0.15, 0.2) is 0 Å². The molecule has 0 saturated carbocycles. The van der Waals surface area contributed by atoms with Crippen molar-refractivity contribution in [2.75, 3.05) is 7.11 Å². The van der Waals surface area contributed by atoms with Crippen LogP contribution in [0, 0.1) is 10.1 Å². The zero-order chi connectivity index (χ0) is 20.2. The third-order valence-corrected chi connectivity index (χ3v) is 4.78. The molecule has 0 amide bonds. The van der Waals surface area contributed by atoms with Gasteiger partial charge in [0.05, 0.1) is 23.5 Å². The summed E-state index contributed by atoms with van der Waals surface area (Å²) >= 11 is 1.34. The molecular formula is C17H13N7O4S. The van der Waals surface area contributed by atoms with E-state index < -0.39 is 4.92 Å². The van der Waals surface area contributed by atoms with Crippen LogP contribution in [0.1, 0.15) is 5.89 Å². The highest BCUT2D eigenvalue weighted by Gasteiger charge is 2.14. The Morgan fingerprint density at radius 3 is 2.55 bits per heavy atom. The second kappa shape index (κ2) is 8.06. The first-order chi connectivity index (χ1) is 14.1. The molecule has 2 aromatic heterocycles. The lowest BCUT2D eigenvalue weighted by atomic mass is 10.2. The molecular weight excluding hydrogens is 398 g/mol. The maximum absolute atomic E-state index is 10.7. The fourth-order valence-corrected chi connectivity index (χ4v) is 3.16. The van der Waals surface area contributed by atoms with Crippen LogP contribution in [0.15, 0.2) is 58.1 Å². The number of methoxy groups -OCH3 is 1. The van der Waals surface area contributed by atoms with Crippen molar-refractivity contribution in [2.24, 2.45) is 0 Å². The molecule has 0 aliphatic heterocycles. The number of benzene rings is 2. The van der Waals surface area contributed by atoms with Gasteiger partial charge in [-0.15, -0.1) is 15.3 Å². The van der Waals surface area contributed by atoms with Crippen LogP contribution in [0.2, 0.25) is 0 Å². The van der Waals surface area contributed by atoms with E-state index in [0.29, 0.717) is 22.4 Å². The standard InChI is InChI=1S/C17H13N7O4S/c1-27-14-8-6-12(7-9-14)23-17(20-21-22-23)29-10-15-18-19-16(28-15)11-2-4-13(5-3-11)24(25)26/h2-9H,10H2,1H3. The summed E-state index contributed by atoms with van der Waals surface area (Å²) in [6, 6.07) is 13.2. The maximum Gasteiger partial charge on any atom is 0.269 e. The number of rotatable bonds is 7. The Kier molecular flexibility index (Phi) is 5.16. The molecule has 0 bridgehead atoms. The Labute approximate surface area is 167 Å². The lowest BCUT2D eigenvalue weighted by molar-refractivity contribution is -0.384. The predicted octanol–water partition coefficient (Wildman–Crippen LogP) is 2.92. The van der Waals surface area contributed by atoms with Crippen LogP contribution in [0.5, 0.6) is 5.75 Å². The van der Waals surface area contributed by atoms with Crippen LogP contribution >= 0.6 is 11.8 Å².